The number of sulfonamides is 1. The highest BCUT2D eigenvalue weighted by Gasteiger charge is 2.42. The van der Waals surface area contributed by atoms with Gasteiger partial charge in [0.1, 0.15) is 0 Å². The predicted molar refractivity (Wildman–Crippen MR) is 93.6 cm³/mol. The number of hydrogen-bond acceptors (Lipinski definition) is 3. The van der Waals surface area contributed by atoms with Gasteiger partial charge in [0.2, 0.25) is 10.0 Å². The molecule has 1 aliphatic heterocycles. The van der Waals surface area contributed by atoms with E-state index < -0.39 is 10.0 Å². The Morgan fingerprint density at radius 2 is 1.74 bits per heavy atom. The lowest BCUT2D eigenvalue weighted by Gasteiger charge is -2.46. The van der Waals surface area contributed by atoms with Gasteiger partial charge in [-0.2, -0.15) is 0 Å². The molecule has 1 saturated carbocycles. The van der Waals surface area contributed by atoms with Crippen molar-refractivity contribution in [1.82, 2.24) is 9.21 Å². The minimum absolute atomic E-state index is 0.116. The summed E-state index contributed by atoms with van der Waals surface area (Å²) in [6.07, 6.45) is 5.83. The van der Waals surface area contributed by atoms with E-state index in [0.717, 1.165) is 24.3 Å². The van der Waals surface area contributed by atoms with Gasteiger partial charge in [0.25, 0.3) is 0 Å². The van der Waals surface area contributed by atoms with Crippen molar-refractivity contribution in [3.05, 3.63) is 35.9 Å². The van der Waals surface area contributed by atoms with E-state index in [1.54, 1.807) is 4.31 Å². The minimum Gasteiger partial charge on any atom is -0.304 e. The summed E-state index contributed by atoms with van der Waals surface area (Å²) in [5, 5.41) is 0. The van der Waals surface area contributed by atoms with Crippen LogP contribution in [0.15, 0.2) is 30.3 Å². The Labute approximate surface area is 140 Å². The number of nitrogens with zero attached hydrogens (tertiary/aromatic N) is 2. The average molecular weight is 337 g/mol. The maximum absolute atomic E-state index is 12.7. The summed E-state index contributed by atoms with van der Waals surface area (Å²) in [7, 11) is 1.09. The third kappa shape index (κ3) is 3.95. The molecule has 0 N–H and O–H groups in total. The first-order chi connectivity index (χ1) is 10.9. The van der Waals surface area contributed by atoms with Crippen LogP contribution in [0.1, 0.15) is 37.7 Å². The van der Waals surface area contributed by atoms with E-state index in [0.29, 0.717) is 13.1 Å². The SMILES string of the molecule is CN(C)C1(CC2CC2)CCN(S(=O)(=O)Cc2ccccc2)CC1. The molecule has 0 aromatic heterocycles. The molecule has 0 atom stereocenters. The summed E-state index contributed by atoms with van der Waals surface area (Å²) in [4.78, 5) is 2.34. The third-order valence-electron chi connectivity index (χ3n) is 5.55. The number of hydrogen-bond donors (Lipinski definition) is 0. The average Bonchev–Trinajstić information content (AvgIpc) is 3.32. The first-order valence-corrected chi connectivity index (χ1v) is 10.2. The second-order valence-corrected chi connectivity index (χ2v) is 9.38. The van der Waals surface area contributed by atoms with Crippen LogP contribution in [0.4, 0.5) is 0 Å². The summed E-state index contributed by atoms with van der Waals surface area (Å²) < 4.78 is 27.1. The van der Waals surface area contributed by atoms with E-state index in [1.807, 2.05) is 30.3 Å². The molecule has 2 aliphatic rings. The standard InChI is InChI=1S/C18H28N2O2S/c1-19(2)18(14-16-8-9-16)10-12-20(13-11-18)23(21,22)15-17-6-4-3-5-7-17/h3-7,16H,8-15H2,1-2H3. The van der Waals surface area contributed by atoms with Crippen LogP contribution in [0.3, 0.4) is 0 Å². The fraction of sp³-hybridized carbons (Fsp3) is 0.667. The quantitative estimate of drug-likeness (QED) is 0.802. The third-order valence-corrected chi connectivity index (χ3v) is 7.40. The van der Waals surface area contributed by atoms with Gasteiger partial charge in [-0.1, -0.05) is 43.2 Å². The summed E-state index contributed by atoms with van der Waals surface area (Å²) in [6.45, 7) is 1.31. The lowest BCUT2D eigenvalue weighted by molar-refractivity contribution is 0.0696. The van der Waals surface area contributed by atoms with E-state index in [2.05, 4.69) is 19.0 Å². The maximum Gasteiger partial charge on any atom is 0.218 e. The molecule has 1 saturated heterocycles. The van der Waals surface area contributed by atoms with Crippen molar-refractivity contribution in [1.29, 1.82) is 0 Å². The van der Waals surface area contributed by atoms with E-state index >= 15 is 0 Å². The summed E-state index contributed by atoms with van der Waals surface area (Å²) in [6, 6.07) is 9.49. The fourth-order valence-corrected chi connectivity index (χ4v) is 5.29. The van der Waals surface area contributed by atoms with Crippen molar-refractivity contribution in [2.75, 3.05) is 27.2 Å². The molecule has 4 nitrogen and oxygen atoms in total. The Hall–Kier alpha value is -0.910. The van der Waals surface area contributed by atoms with Gasteiger partial charge in [-0.25, -0.2) is 12.7 Å². The minimum atomic E-state index is -3.21. The molecular weight excluding hydrogens is 308 g/mol. The summed E-state index contributed by atoms with van der Waals surface area (Å²) in [5.74, 6) is 0.982. The summed E-state index contributed by atoms with van der Waals surface area (Å²) >= 11 is 0. The Morgan fingerprint density at radius 1 is 1.13 bits per heavy atom. The van der Waals surface area contributed by atoms with Crippen molar-refractivity contribution < 1.29 is 8.42 Å². The highest BCUT2D eigenvalue weighted by atomic mass is 32.2. The van der Waals surface area contributed by atoms with Crippen molar-refractivity contribution in [3.63, 3.8) is 0 Å². The predicted octanol–water partition coefficient (Wildman–Crippen LogP) is 2.71. The number of piperidine rings is 1. The molecule has 2 fully saturated rings. The monoisotopic (exact) mass is 336 g/mol. The van der Waals surface area contributed by atoms with E-state index in [9.17, 15) is 8.42 Å². The van der Waals surface area contributed by atoms with Gasteiger partial charge in [0.15, 0.2) is 0 Å². The molecule has 23 heavy (non-hydrogen) atoms. The second-order valence-electron chi connectivity index (χ2n) is 7.41. The van der Waals surface area contributed by atoms with Crippen LogP contribution in [-0.2, 0) is 15.8 Å². The van der Waals surface area contributed by atoms with Crippen molar-refractivity contribution in [3.8, 4) is 0 Å². The molecule has 0 bridgehead atoms. The maximum atomic E-state index is 12.7. The Bertz CT molecular complexity index is 616. The lowest BCUT2D eigenvalue weighted by atomic mass is 9.82. The van der Waals surface area contributed by atoms with Gasteiger partial charge < -0.3 is 4.90 Å². The lowest BCUT2D eigenvalue weighted by Crippen LogP contribution is -2.54. The van der Waals surface area contributed by atoms with Crippen LogP contribution in [0.25, 0.3) is 0 Å². The molecule has 0 spiro atoms. The molecule has 5 heteroatoms. The van der Waals surface area contributed by atoms with Crippen LogP contribution >= 0.6 is 0 Å². The zero-order valence-electron chi connectivity index (χ0n) is 14.2. The van der Waals surface area contributed by atoms with Gasteiger partial charge in [-0.3, -0.25) is 0 Å². The Kier molecular flexibility index (Phi) is 4.81. The Morgan fingerprint density at radius 3 is 2.26 bits per heavy atom. The zero-order valence-corrected chi connectivity index (χ0v) is 15.1. The number of benzene rings is 1. The smallest absolute Gasteiger partial charge is 0.218 e. The molecule has 1 heterocycles. The molecule has 1 aromatic carbocycles. The highest BCUT2D eigenvalue weighted by molar-refractivity contribution is 7.88. The van der Waals surface area contributed by atoms with Crippen molar-refractivity contribution in [2.24, 2.45) is 5.92 Å². The fourth-order valence-electron chi connectivity index (χ4n) is 3.75. The number of rotatable bonds is 6. The molecule has 128 valence electrons. The van der Waals surface area contributed by atoms with Crippen LogP contribution in [-0.4, -0.2) is 50.3 Å². The normalized spacial score (nSPS) is 22.4. The molecule has 0 unspecified atom stereocenters. The first kappa shape index (κ1) is 16.9. The Balaban J connectivity index is 1.65. The van der Waals surface area contributed by atoms with Crippen molar-refractivity contribution in [2.45, 2.75) is 43.4 Å². The van der Waals surface area contributed by atoms with Gasteiger partial charge in [-0.05, 0) is 44.8 Å². The first-order valence-electron chi connectivity index (χ1n) is 8.60. The molecule has 0 amide bonds. The molecule has 1 aliphatic carbocycles. The van der Waals surface area contributed by atoms with Crippen LogP contribution in [0.5, 0.6) is 0 Å². The van der Waals surface area contributed by atoms with E-state index in [1.165, 1.54) is 19.3 Å². The zero-order chi connectivity index (χ0) is 16.5. The van der Waals surface area contributed by atoms with Gasteiger partial charge in [-0.15, -0.1) is 0 Å². The highest BCUT2D eigenvalue weighted by Crippen LogP contribution is 2.43. The van der Waals surface area contributed by atoms with Gasteiger partial charge in [0, 0.05) is 18.6 Å². The molecule has 3 rings (SSSR count). The van der Waals surface area contributed by atoms with E-state index in [-0.39, 0.29) is 11.3 Å². The molecular formula is C18H28N2O2S. The van der Waals surface area contributed by atoms with Crippen LogP contribution in [0, 0.1) is 5.92 Å². The van der Waals surface area contributed by atoms with E-state index in [4.69, 9.17) is 0 Å². The molecule has 1 aromatic rings. The largest absolute Gasteiger partial charge is 0.304 e. The topological polar surface area (TPSA) is 40.6 Å². The van der Waals surface area contributed by atoms with Gasteiger partial charge >= 0.3 is 0 Å². The van der Waals surface area contributed by atoms with Crippen LogP contribution in [0.2, 0.25) is 0 Å². The molecule has 0 radical (unpaired) electrons. The van der Waals surface area contributed by atoms with Crippen molar-refractivity contribution >= 4 is 10.0 Å². The summed E-state index contributed by atoms with van der Waals surface area (Å²) in [5.41, 5.74) is 1.06. The second kappa shape index (κ2) is 6.54. The van der Waals surface area contributed by atoms with Crippen LogP contribution < -0.4 is 0 Å². The van der Waals surface area contributed by atoms with Gasteiger partial charge in [0.05, 0.1) is 5.75 Å².